The van der Waals surface area contributed by atoms with Crippen LogP contribution in [0.3, 0.4) is 0 Å². The van der Waals surface area contributed by atoms with Crippen molar-refractivity contribution in [2.45, 2.75) is 25.7 Å². The van der Waals surface area contributed by atoms with Crippen LogP contribution in [0, 0.1) is 17.8 Å². The third-order valence-corrected chi connectivity index (χ3v) is 4.65. The van der Waals surface area contributed by atoms with Gasteiger partial charge in [-0.15, -0.1) is 0 Å². The SMILES string of the molecule is Cn1cc(CCC(=O)N2C[C@@H](C(=O)O)[C@H](C3CC3)C2)cn1. The van der Waals surface area contributed by atoms with E-state index in [0.717, 1.165) is 18.4 Å². The molecule has 2 aliphatic rings. The number of aryl methyl sites for hydroxylation is 2. The smallest absolute Gasteiger partial charge is 0.308 e. The van der Waals surface area contributed by atoms with Crippen molar-refractivity contribution in [3.63, 3.8) is 0 Å². The van der Waals surface area contributed by atoms with E-state index in [2.05, 4.69) is 5.10 Å². The molecule has 2 atom stereocenters. The molecule has 0 radical (unpaired) electrons. The number of nitrogens with zero attached hydrogens (tertiary/aromatic N) is 3. The van der Waals surface area contributed by atoms with E-state index in [4.69, 9.17) is 0 Å². The number of rotatable bonds is 5. The second kappa shape index (κ2) is 5.50. The molecule has 0 bridgehead atoms. The number of hydrogen-bond donors (Lipinski definition) is 1. The number of hydrogen-bond acceptors (Lipinski definition) is 3. The van der Waals surface area contributed by atoms with Gasteiger partial charge in [0.05, 0.1) is 12.1 Å². The minimum atomic E-state index is -0.755. The second-order valence-corrected chi connectivity index (χ2v) is 6.27. The number of carboxylic acid groups (broad SMARTS) is 1. The molecule has 1 aromatic rings. The fourth-order valence-corrected chi connectivity index (χ4v) is 3.31. The highest BCUT2D eigenvalue weighted by Crippen LogP contribution is 2.44. The molecule has 1 aliphatic heterocycles. The zero-order chi connectivity index (χ0) is 15.0. The van der Waals surface area contributed by atoms with Gasteiger partial charge in [0.1, 0.15) is 0 Å². The molecule has 0 unspecified atom stereocenters. The van der Waals surface area contributed by atoms with Crippen LogP contribution in [0.5, 0.6) is 0 Å². The standard InChI is InChI=1S/C15H21N3O3/c1-17-7-10(6-16-17)2-5-14(19)18-8-12(11-3-4-11)13(9-18)15(20)21/h6-7,11-13H,2-5,8-9H2,1H3,(H,20,21)/t12-,13+/m0/s1. The highest BCUT2D eigenvalue weighted by atomic mass is 16.4. The van der Waals surface area contributed by atoms with Crippen LogP contribution in [0.4, 0.5) is 0 Å². The molecule has 1 amide bonds. The average Bonchev–Trinajstić information content (AvgIpc) is 3.05. The summed E-state index contributed by atoms with van der Waals surface area (Å²) in [5.74, 6) is -0.394. The normalized spacial score (nSPS) is 25.3. The van der Waals surface area contributed by atoms with Crippen molar-refractivity contribution in [3.8, 4) is 0 Å². The van der Waals surface area contributed by atoms with Crippen molar-refractivity contribution < 1.29 is 14.7 Å². The van der Waals surface area contributed by atoms with E-state index in [1.54, 1.807) is 15.8 Å². The molecule has 2 heterocycles. The van der Waals surface area contributed by atoms with Crippen LogP contribution in [0.15, 0.2) is 12.4 Å². The molecule has 1 saturated heterocycles. The Balaban J connectivity index is 1.56. The third-order valence-electron chi connectivity index (χ3n) is 4.65. The maximum absolute atomic E-state index is 12.3. The van der Waals surface area contributed by atoms with Gasteiger partial charge in [0, 0.05) is 32.8 Å². The van der Waals surface area contributed by atoms with E-state index in [9.17, 15) is 14.7 Å². The monoisotopic (exact) mass is 291 g/mol. The summed E-state index contributed by atoms with van der Waals surface area (Å²) in [7, 11) is 1.85. The quantitative estimate of drug-likeness (QED) is 0.875. The molecular formula is C15H21N3O3. The van der Waals surface area contributed by atoms with Gasteiger partial charge >= 0.3 is 5.97 Å². The number of carbonyl (C=O) groups is 2. The van der Waals surface area contributed by atoms with Gasteiger partial charge in [0.2, 0.25) is 5.91 Å². The lowest BCUT2D eigenvalue weighted by Crippen LogP contribution is -2.30. The number of aliphatic carboxylic acids is 1. The zero-order valence-corrected chi connectivity index (χ0v) is 12.2. The first kappa shape index (κ1) is 14.1. The van der Waals surface area contributed by atoms with Crippen LogP contribution >= 0.6 is 0 Å². The molecule has 6 nitrogen and oxygen atoms in total. The van der Waals surface area contributed by atoms with Gasteiger partial charge in [-0.05, 0) is 36.7 Å². The van der Waals surface area contributed by atoms with E-state index in [1.807, 2.05) is 13.2 Å². The van der Waals surface area contributed by atoms with Crippen LogP contribution in [0.25, 0.3) is 0 Å². The minimum Gasteiger partial charge on any atom is -0.481 e. The Hall–Kier alpha value is -1.85. The topological polar surface area (TPSA) is 75.4 Å². The lowest BCUT2D eigenvalue weighted by molar-refractivity contribution is -0.142. The molecule has 114 valence electrons. The predicted octanol–water partition coefficient (Wildman–Crippen LogP) is 0.922. The van der Waals surface area contributed by atoms with Gasteiger partial charge in [-0.25, -0.2) is 0 Å². The van der Waals surface area contributed by atoms with Gasteiger partial charge in [0.25, 0.3) is 0 Å². The van der Waals surface area contributed by atoms with Crippen LogP contribution in [-0.4, -0.2) is 44.8 Å². The summed E-state index contributed by atoms with van der Waals surface area (Å²) >= 11 is 0. The summed E-state index contributed by atoms with van der Waals surface area (Å²) in [4.78, 5) is 25.4. The number of carboxylic acids is 1. The van der Waals surface area contributed by atoms with Gasteiger partial charge in [-0.3, -0.25) is 14.3 Å². The Morgan fingerprint density at radius 3 is 2.71 bits per heavy atom. The summed E-state index contributed by atoms with van der Waals surface area (Å²) in [6, 6.07) is 0. The number of carbonyl (C=O) groups excluding carboxylic acids is 1. The van der Waals surface area contributed by atoms with Crippen LogP contribution in [0.1, 0.15) is 24.8 Å². The van der Waals surface area contributed by atoms with Gasteiger partial charge in [-0.1, -0.05) is 0 Å². The third kappa shape index (κ3) is 3.09. The lowest BCUT2D eigenvalue weighted by atomic mass is 9.92. The highest BCUT2D eigenvalue weighted by molar-refractivity contribution is 5.79. The highest BCUT2D eigenvalue weighted by Gasteiger charge is 2.46. The Morgan fingerprint density at radius 1 is 1.38 bits per heavy atom. The molecule has 6 heteroatoms. The molecule has 2 fully saturated rings. The Morgan fingerprint density at radius 2 is 2.14 bits per heavy atom. The summed E-state index contributed by atoms with van der Waals surface area (Å²) in [6.07, 6.45) is 7.00. The fourth-order valence-electron chi connectivity index (χ4n) is 3.31. The first-order chi connectivity index (χ1) is 10.0. The Bertz CT molecular complexity index is 550. The van der Waals surface area contributed by atoms with Gasteiger partial charge in [-0.2, -0.15) is 5.10 Å². The number of aromatic nitrogens is 2. The van der Waals surface area contributed by atoms with E-state index in [-0.39, 0.29) is 17.7 Å². The van der Waals surface area contributed by atoms with Crippen molar-refractivity contribution in [1.82, 2.24) is 14.7 Å². The Kier molecular flexibility index (Phi) is 3.69. The number of likely N-dealkylation sites (tertiary alicyclic amines) is 1. The van der Waals surface area contributed by atoms with E-state index >= 15 is 0 Å². The summed E-state index contributed by atoms with van der Waals surface area (Å²) in [5, 5.41) is 13.4. The first-order valence-electron chi connectivity index (χ1n) is 7.52. The van der Waals surface area contributed by atoms with Gasteiger partial charge < -0.3 is 10.0 Å². The van der Waals surface area contributed by atoms with Crippen molar-refractivity contribution in [2.75, 3.05) is 13.1 Å². The zero-order valence-electron chi connectivity index (χ0n) is 12.2. The molecule has 3 rings (SSSR count). The van der Waals surface area contributed by atoms with Crippen molar-refractivity contribution in [1.29, 1.82) is 0 Å². The molecule has 0 spiro atoms. The number of amides is 1. The molecule has 1 aliphatic carbocycles. The molecule has 0 aromatic carbocycles. The van der Waals surface area contributed by atoms with E-state index < -0.39 is 5.97 Å². The minimum absolute atomic E-state index is 0.0632. The Labute approximate surface area is 123 Å². The van der Waals surface area contributed by atoms with Crippen LogP contribution in [0.2, 0.25) is 0 Å². The summed E-state index contributed by atoms with van der Waals surface area (Å²) < 4.78 is 1.72. The van der Waals surface area contributed by atoms with Gasteiger partial charge in [0.15, 0.2) is 0 Å². The first-order valence-corrected chi connectivity index (χ1v) is 7.52. The van der Waals surface area contributed by atoms with E-state index in [1.165, 1.54) is 0 Å². The van der Waals surface area contributed by atoms with Crippen molar-refractivity contribution in [3.05, 3.63) is 18.0 Å². The summed E-state index contributed by atoms with van der Waals surface area (Å²) in [5.41, 5.74) is 1.04. The molecular weight excluding hydrogens is 270 g/mol. The summed E-state index contributed by atoms with van der Waals surface area (Å²) in [6.45, 7) is 0.996. The molecule has 1 aromatic heterocycles. The second-order valence-electron chi connectivity index (χ2n) is 6.27. The van der Waals surface area contributed by atoms with Crippen LogP contribution < -0.4 is 0 Å². The largest absolute Gasteiger partial charge is 0.481 e. The predicted molar refractivity (Wildman–Crippen MR) is 75.4 cm³/mol. The molecule has 21 heavy (non-hydrogen) atoms. The van der Waals surface area contributed by atoms with E-state index in [0.29, 0.717) is 31.8 Å². The fraction of sp³-hybridized carbons (Fsp3) is 0.667. The average molecular weight is 291 g/mol. The van der Waals surface area contributed by atoms with Crippen molar-refractivity contribution in [2.24, 2.45) is 24.8 Å². The maximum Gasteiger partial charge on any atom is 0.308 e. The lowest BCUT2D eigenvalue weighted by Gasteiger charge is -2.16. The van der Waals surface area contributed by atoms with Crippen molar-refractivity contribution >= 4 is 11.9 Å². The molecule has 1 N–H and O–H groups in total. The molecule has 1 saturated carbocycles. The van der Waals surface area contributed by atoms with Crippen LogP contribution in [-0.2, 0) is 23.1 Å². The maximum atomic E-state index is 12.3.